The van der Waals surface area contributed by atoms with Gasteiger partial charge in [0.25, 0.3) is 0 Å². The van der Waals surface area contributed by atoms with Crippen LogP contribution >= 0.6 is 0 Å². The molecule has 0 amide bonds. The van der Waals surface area contributed by atoms with Crippen molar-refractivity contribution in [2.45, 2.75) is 65.8 Å². The third-order valence-electron chi connectivity index (χ3n) is 5.23. The van der Waals surface area contributed by atoms with Crippen molar-refractivity contribution in [3.8, 4) is 0 Å². The first-order valence-corrected chi connectivity index (χ1v) is 11.5. The Bertz CT molecular complexity index is 639. The topological polar surface area (TPSA) is 50.1 Å². The zero-order valence-corrected chi connectivity index (χ0v) is 19.2. The number of benzene rings is 1. The van der Waals surface area contributed by atoms with Gasteiger partial charge in [-0.25, -0.2) is 0 Å². The second-order valence-electron chi connectivity index (χ2n) is 7.40. The first-order valence-electron chi connectivity index (χ1n) is 11.5. The van der Waals surface area contributed by atoms with Gasteiger partial charge in [-0.1, -0.05) is 75.8 Å². The van der Waals surface area contributed by atoms with Crippen molar-refractivity contribution in [1.82, 2.24) is 10.6 Å². The van der Waals surface area contributed by atoms with Crippen molar-refractivity contribution < 1.29 is 0 Å². The van der Waals surface area contributed by atoms with Gasteiger partial charge in [0.15, 0.2) is 0 Å². The first-order chi connectivity index (χ1) is 14.2. The Morgan fingerprint density at radius 3 is 2.41 bits per heavy atom. The first kappa shape index (κ1) is 25.2. The Balaban J connectivity index is 0.000000771. The highest BCUT2D eigenvalue weighted by Crippen LogP contribution is 2.37. The van der Waals surface area contributed by atoms with Crippen molar-refractivity contribution in [2.75, 3.05) is 19.6 Å². The maximum atomic E-state index is 4.85. The highest BCUT2D eigenvalue weighted by Gasteiger charge is 2.31. The molecular weight excluding hydrogens is 354 g/mol. The summed E-state index contributed by atoms with van der Waals surface area (Å²) in [5.41, 5.74) is 9.07. The van der Waals surface area contributed by atoms with E-state index in [0.29, 0.717) is 12.0 Å². The molecule has 2 aliphatic heterocycles. The number of aryl methyl sites for hydroxylation is 1. The lowest BCUT2D eigenvalue weighted by Gasteiger charge is -2.37. The smallest absolute Gasteiger partial charge is 0.0513 e. The molecule has 0 spiro atoms. The highest BCUT2D eigenvalue weighted by molar-refractivity contribution is 5.57. The van der Waals surface area contributed by atoms with Crippen LogP contribution in [-0.2, 0) is 0 Å². The van der Waals surface area contributed by atoms with E-state index in [2.05, 4.69) is 79.3 Å². The maximum Gasteiger partial charge on any atom is 0.0513 e. The van der Waals surface area contributed by atoms with Gasteiger partial charge in [-0.05, 0) is 75.1 Å². The predicted octanol–water partition coefficient (Wildman–Crippen LogP) is 5.53. The largest absolute Gasteiger partial charge is 0.384 e. The van der Waals surface area contributed by atoms with Crippen LogP contribution in [0.25, 0.3) is 6.08 Å². The van der Waals surface area contributed by atoms with E-state index in [-0.39, 0.29) is 0 Å². The van der Waals surface area contributed by atoms with Crippen LogP contribution in [0.5, 0.6) is 0 Å². The molecule has 2 unspecified atom stereocenters. The number of nitrogens with one attached hydrogen (secondary N) is 2. The second-order valence-corrected chi connectivity index (χ2v) is 7.40. The van der Waals surface area contributed by atoms with Crippen LogP contribution in [0.15, 0.2) is 48.7 Å². The minimum atomic E-state index is 0.384. The number of nitrogens with two attached hydrogens (primary N) is 1. The number of hydrogen-bond acceptors (Lipinski definition) is 3. The summed E-state index contributed by atoms with van der Waals surface area (Å²) in [5, 5.41) is 7.12. The molecule has 2 aliphatic rings. The summed E-state index contributed by atoms with van der Waals surface area (Å²) >= 11 is 0. The number of dihydropyridines is 1. The average Bonchev–Trinajstić information content (AvgIpc) is 2.77. The molecule has 1 aromatic rings. The monoisotopic (exact) mass is 397 g/mol. The van der Waals surface area contributed by atoms with E-state index in [9.17, 15) is 0 Å². The van der Waals surface area contributed by atoms with Gasteiger partial charge < -0.3 is 16.4 Å². The third kappa shape index (κ3) is 8.20. The Labute approximate surface area is 179 Å². The van der Waals surface area contributed by atoms with Crippen molar-refractivity contribution in [2.24, 2.45) is 11.7 Å². The molecule has 4 N–H and O–H groups in total. The molecule has 1 saturated heterocycles. The summed E-state index contributed by atoms with van der Waals surface area (Å²) in [4.78, 5) is 0. The zero-order valence-electron chi connectivity index (χ0n) is 19.2. The van der Waals surface area contributed by atoms with E-state index in [1.54, 1.807) is 0 Å². The Morgan fingerprint density at radius 2 is 1.83 bits per heavy atom. The number of hydrogen-bond donors (Lipinski definition) is 3. The molecule has 1 fully saturated rings. The fourth-order valence-electron chi connectivity index (χ4n) is 4.02. The molecule has 0 radical (unpaired) electrons. The summed E-state index contributed by atoms with van der Waals surface area (Å²) in [7, 11) is 0. The minimum Gasteiger partial charge on any atom is -0.384 e. The molecule has 0 saturated carbocycles. The number of allylic oxidation sites excluding steroid dienone is 3. The summed E-state index contributed by atoms with van der Waals surface area (Å²) in [5.74, 6) is 1.24. The molecule has 3 nitrogen and oxygen atoms in total. The van der Waals surface area contributed by atoms with Crippen LogP contribution < -0.4 is 16.4 Å². The SMILES string of the molecule is CC.CC/C=C/c1cc(C)ccc1C(C1CCNCC1)C1C=CC=CN1.CCN. The van der Waals surface area contributed by atoms with Crippen molar-refractivity contribution >= 4 is 6.08 Å². The maximum absolute atomic E-state index is 4.85. The Morgan fingerprint density at radius 1 is 1.14 bits per heavy atom. The van der Waals surface area contributed by atoms with Gasteiger partial charge in [0, 0.05) is 5.92 Å². The van der Waals surface area contributed by atoms with Gasteiger partial charge in [-0.2, -0.15) is 0 Å². The Kier molecular flexibility index (Phi) is 13.1. The van der Waals surface area contributed by atoms with Crippen molar-refractivity contribution in [1.29, 1.82) is 0 Å². The predicted molar refractivity (Wildman–Crippen MR) is 130 cm³/mol. The molecule has 2 atom stereocenters. The normalized spacial score (nSPS) is 19.6. The fraction of sp³-hybridized carbons (Fsp3) is 0.538. The molecular formula is C26H43N3. The number of rotatable bonds is 5. The third-order valence-corrected chi connectivity index (χ3v) is 5.23. The van der Waals surface area contributed by atoms with Crippen LogP contribution in [-0.4, -0.2) is 25.7 Å². The van der Waals surface area contributed by atoms with Crippen LogP contribution in [0.1, 0.15) is 69.6 Å². The standard InChI is InChI=1S/C22H30N2.C2H7N.C2H6/c1-3-4-7-19-16-17(2)9-10-20(19)22(18-11-14-23-15-12-18)21-8-5-6-13-24-21;1-2-3;1-2/h4-10,13,16,18,21-24H,3,11-12,14-15H2,1-2H3;2-3H2,1H3;1-2H3/b7-4+;;. The lowest BCUT2D eigenvalue weighted by Crippen LogP contribution is -2.39. The minimum absolute atomic E-state index is 0.384. The van der Waals surface area contributed by atoms with E-state index in [4.69, 9.17) is 5.73 Å². The molecule has 3 heteroatoms. The Hall–Kier alpha value is -1.84. The summed E-state index contributed by atoms with van der Waals surface area (Å²) in [6, 6.07) is 7.37. The van der Waals surface area contributed by atoms with E-state index >= 15 is 0 Å². The summed E-state index contributed by atoms with van der Waals surface area (Å²) in [6.07, 6.45) is 16.9. The van der Waals surface area contributed by atoms with E-state index in [1.165, 1.54) is 29.5 Å². The molecule has 0 bridgehead atoms. The zero-order chi connectivity index (χ0) is 21.5. The van der Waals surface area contributed by atoms with Crippen LogP contribution in [0, 0.1) is 12.8 Å². The second kappa shape index (κ2) is 15.1. The van der Waals surface area contributed by atoms with Gasteiger partial charge in [-0.15, -0.1) is 0 Å². The summed E-state index contributed by atoms with van der Waals surface area (Å²) in [6.45, 7) is 13.3. The molecule has 29 heavy (non-hydrogen) atoms. The molecule has 3 rings (SSSR count). The van der Waals surface area contributed by atoms with Gasteiger partial charge >= 0.3 is 0 Å². The van der Waals surface area contributed by atoms with E-state index < -0.39 is 0 Å². The van der Waals surface area contributed by atoms with E-state index in [1.807, 2.05) is 20.8 Å². The molecule has 0 aromatic heterocycles. The van der Waals surface area contributed by atoms with Gasteiger partial charge in [0.05, 0.1) is 6.04 Å². The van der Waals surface area contributed by atoms with Gasteiger partial charge in [0.1, 0.15) is 0 Å². The molecule has 162 valence electrons. The van der Waals surface area contributed by atoms with Crippen LogP contribution in [0.3, 0.4) is 0 Å². The molecule has 0 aliphatic carbocycles. The van der Waals surface area contributed by atoms with Crippen LogP contribution in [0.4, 0.5) is 0 Å². The van der Waals surface area contributed by atoms with Gasteiger partial charge in [0.2, 0.25) is 0 Å². The molecule has 1 aromatic carbocycles. The van der Waals surface area contributed by atoms with Crippen molar-refractivity contribution in [3.05, 3.63) is 65.4 Å². The molecule has 2 heterocycles. The van der Waals surface area contributed by atoms with Crippen LogP contribution in [0.2, 0.25) is 0 Å². The average molecular weight is 398 g/mol. The quantitative estimate of drug-likeness (QED) is 0.612. The lowest BCUT2D eigenvalue weighted by molar-refractivity contribution is 0.292. The fourth-order valence-corrected chi connectivity index (χ4v) is 4.02. The lowest BCUT2D eigenvalue weighted by atomic mass is 9.74. The number of piperidine rings is 1. The highest BCUT2D eigenvalue weighted by atomic mass is 14.9. The summed E-state index contributed by atoms with van der Waals surface area (Å²) < 4.78 is 0. The van der Waals surface area contributed by atoms with E-state index in [0.717, 1.165) is 32.0 Å². The van der Waals surface area contributed by atoms with Crippen molar-refractivity contribution in [3.63, 3.8) is 0 Å². The van der Waals surface area contributed by atoms with Gasteiger partial charge in [-0.3, -0.25) is 0 Å².